The molecule has 2 N–H and O–H groups in total. The number of hydrogen-bond donors (Lipinski definition) is 2. The molecular formula is C27H32N4O10S. The van der Waals surface area contributed by atoms with E-state index >= 15 is 0 Å². The molecule has 226 valence electrons. The van der Waals surface area contributed by atoms with Gasteiger partial charge in [-0.25, -0.2) is 9.59 Å². The predicted octanol–water partition coefficient (Wildman–Crippen LogP) is 4.32. The Morgan fingerprint density at radius 3 is 2.05 bits per heavy atom. The van der Waals surface area contributed by atoms with Crippen molar-refractivity contribution in [2.75, 3.05) is 13.1 Å². The summed E-state index contributed by atoms with van der Waals surface area (Å²) in [4.78, 5) is 58.5. The predicted molar refractivity (Wildman–Crippen MR) is 152 cm³/mol. The minimum absolute atomic E-state index is 0.0635. The van der Waals surface area contributed by atoms with Crippen molar-refractivity contribution in [1.29, 1.82) is 0 Å². The van der Waals surface area contributed by atoms with Crippen molar-refractivity contribution in [2.24, 2.45) is 0 Å². The fourth-order valence-corrected chi connectivity index (χ4v) is 5.44. The van der Waals surface area contributed by atoms with E-state index in [0.29, 0.717) is 36.9 Å². The molecule has 2 aromatic rings. The second-order valence-corrected chi connectivity index (χ2v) is 11.2. The Bertz CT molecular complexity index is 1260. The number of carbonyl (C=O) groups excluding carboxylic acids is 3. The van der Waals surface area contributed by atoms with Gasteiger partial charge in [0.1, 0.15) is 13.2 Å². The standard InChI is InChI=1S/C27H32N4O10S/c1-18(32)42-25-14-23(29(15-25)27(35)41-17-20-4-8-22(9-5-20)31(38)39)10-11-24(33)12-13-28-26(34)40-16-19-2-6-21(7-3-19)30(36)37/h2-9,23-25,33H,10-17H2,1H3,(H,28,34)/t23-,24?,25-/m0/s1. The molecule has 14 nitrogen and oxygen atoms in total. The molecule has 1 saturated heterocycles. The molecule has 1 aliphatic heterocycles. The van der Waals surface area contributed by atoms with Crippen molar-refractivity contribution in [1.82, 2.24) is 10.2 Å². The van der Waals surface area contributed by atoms with E-state index in [9.17, 15) is 39.7 Å². The van der Waals surface area contributed by atoms with Gasteiger partial charge in [0.05, 0.1) is 16.0 Å². The van der Waals surface area contributed by atoms with Crippen molar-refractivity contribution in [3.63, 3.8) is 0 Å². The van der Waals surface area contributed by atoms with E-state index in [0.717, 1.165) is 11.8 Å². The van der Waals surface area contributed by atoms with Crippen LogP contribution in [0, 0.1) is 20.2 Å². The number of nitro groups is 2. The number of nitrogens with one attached hydrogen (secondary N) is 1. The molecule has 0 aliphatic carbocycles. The highest BCUT2D eigenvalue weighted by atomic mass is 32.2. The molecule has 42 heavy (non-hydrogen) atoms. The van der Waals surface area contributed by atoms with Crippen molar-refractivity contribution in [3.05, 3.63) is 79.9 Å². The molecule has 0 aromatic heterocycles. The number of thioether (sulfide) groups is 1. The van der Waals surface area contributed by atoms with Gasteiger partial charge in [-0.2, -0.15) is 0 Å². The monoisotopic (exact) mass is 604 g/mol. The summed E-state index contributed by atoms with van der Waals surface area (Å²) in [5.74, 6) is 0. The summed E-state index contributed by atoms with van der Waals surface area (Å²) >= 11 is 1.16. The van der Waals surface area contributed by atoms with Gasteiger partial charge in [0, 0.05) is 55.6 Å². The number of aliphatic hydroxyl groups is 1. The normalized spacial score (nSPS) is 16.9. The average molecular weight is 605 g/mol. The van der Waals surface area contributed by atoms with Crippen molar-refractivity contribution in [3.8, 4) is 0 Å². The van der Waals surface area contributed by atoms with Gasteiger partial charge in [0.25, 0.3) is 11.4 Å². The minimum Gasteiger partial charge on any atom is -0.445 e. The van der Waals surface area contributed by atoms with E-state index in [1.165, 1.54) is 55.5 Å². The Morgan fingerprint density at radius 2 is 1.52 bits per heavy atom. The molecule has 0 saturated carbocycles. The van der Waals surface area contributed by atoms with Gasteiger partial charge in [-0.1, -0.05) is 11.8 Å². The van der Waals surface area contributed by atoms with Gasteiger partial charge in [-0.05, 0) is 61.1 Å². The minimum atomic E-state index is -0.766. The lowest BCUT2D eigenvalue weighted by molar-refractivity contribution is -0.385. The van der Waals surface area contributed by atoms with Crippen LogP contribution >= 0.6 is 11.8 Å². The zero-order valence-corrected chi connectivity index (χ0v) is 23.7. The van der Waals surface area contributed by atoms with E-state index < -0.39 is 28.1 Å². The molecule has 0 spiro atoms. The molecule has 2 amide bonds. The largest absolute Gasteiger partial charge is 0.445 e. The number of nitro benzene ring substituents is 2. The fourth-order valence-electron chi connectivity index (χ4n) is 4.42. The summed E-state index contributed by atoms with van der Waals surface area (Å²) in [5.41, 5.74) is 1.05. The number of amides is 2. The Hall–Kier alpha value is -4.24. The number of aliphatic hydroxyl groups excluding tert-OH is 1. The quantitative estimate of drug-likeness (QED) is 0.244. The zero-order chi connectivity index (χ0) is 30.6. The number of hydrogen-bond acceptors (Lipinski definition) is 11. The molecular weight excluding hydrogens is 572 g/mol. The van der Waals surface area contributed by atoms with E-state index in [1.54, 1.807) is 4.90 Å². The number of likely N-dealkylation sites (tertiary alicyclic amines) is 1. The number of rotatable bonds is 13. The molecule has 0 radical (unpaired) electrons. The molecule has 15 heteroatoms. The highest BCUT2D eigenvalue weighted by Crippen LogP contribution is 2.31. The van der Waals surface area contributed by atoms with Gasteiger partial charge >= 0.3 is 12.2 Å². The Labute approximate surface area is 245 Å². The summed E-state index contributed by atoms with van der Waals surface area (Å²) in [7, 11) is 0. The zero-order valence-electron chi connectivity index (χ0n) is 22.9. The maximum absolute atomic E-state index is 12.9. The van der Waals surface area contributed by atoms with E-state index in [1.807, 2.05) is 0 Å². The number of benzene rings is 2. The number of ether oxygens (including phenoxy) is 2. The second-order valence-electron chi connectivity index (χ2n) is 9.70. The maximum atomic E-state index is 12.9. The van der Waals surface area contributed by atoms with Crippen LogP contribution in [-0.2, 0) is 27.5 Å². The van der Waals surface area contributed by atoms with Crippen LogP contribution in [0.4, 0.5) is 21.0 Å². The number of alkyl carbamates (subject to hydrolysis) is 1. The first kappa shape index (κ1) is 32.3. The summed E-state index contributed by atoms with van der Waals surface area (Å²) in [6.07, 6.45) is -0.440. The smallest absolute Gasteiger partial charge is 0.410 e. The van der Waals surface area contributed by atoms with Crippen LogP contribution in [0.25, 0.3) is 0 Å². The van der Waals surface area contributed by atoms with Crippen LogP contribution in [0.15, 0.2) is 48.5 Å². The molecule has 0 bridgehead atoms. The molecule has 1 fully saturated rings. The Morgan fingerprint density at radius 1 is 0.976 bits per heavy atom. The van der Waals surface area contributed by atoms with Gasteiger partial charge in [-0.3, -0.25) is 25.0 Å². The lowest BCUT2D eigenvalue weighted by Crippen LogP contribution is -2.37. The number of carbonyl (C=O) groups is 3. The fraction of sp³-hybridized carbons (Fsp3) is 0.444. The maximum Gasteiger partial charge on any atom is 0.410 e. The molecule has 1 unspecified atom stereocenters. The van der Waals surface area contributed by atoms with E-state index in [-0.39, 0.29) is 54.0 Å². The van der Waals surface area contributed by atoms with Crippen LogP contribution < -0.4 is 5.32 Å². The molecule has 3 rings (SSSR count). The first-order valence-electron chi connectivity index (χ1n) is 13.2. The second kappa shape index (κ2) is 15.7. The van der Waals surface area contributed by atoms with Crippen molar-refractivity contribution in [2.45, 2.75) is 63.2 Å². The summed E-state index contributed by atoms with van der Waals surface area (Å²) < 4.78 is 10.5. The van der Waals surface area contributed by atoms with Gasteiger partial charge in [0.15, 0.2) is 5.12 Å². The lowest BCUT2D eigenvalue weighted by Gasteiger charge is -2.25. The molecule has 2 aromatic carbocycles. The number of non-ortho nitro benzene ring substituents is 2. The van der Waals surface area contributed by atoms with Gasteiger partial charge in [0.2, 0.25) is 0 Å². The SMILES string of the molecule is CC(=O)S[C@H]1C[C@H](CCC(O)CCNC(=O)OCc2ccc([N+](=O)[O-])cc2)N(C(=O)OCc2ccc([N+](=O)[O-])cc2)C1. The van der Waals surface area contributed by atoms with Crippen LogP contribution in [0.2, 0.25) is 0 Å². The summed E-state index contributed by atoms with van der Waals surface area (Å²) in [6.45, 7) is 1.78. The Balaban J connectivity index is 1.42. The third-order valence-electron chi connectivity index (χ3n) is 6.55. The van der Waals surface area contributed by atoms with E-state index in [4.69, 9.17) is 9.47 Å². The first-order chi connectivity index (χ1) is 20.0. The third-order valence-corrected chi connectivity index (χ3v) is 7.56. The van der Waals surface area contributed by atoms with Crippen molar-refractivity contribution >= 4 is 40.4 Å². The molecule has 3 atom stereocenters. The molecule has 1 aliphatic rings. The van der Waals surface area contributed by atoms with Crippen LogP contribution in [0.1, 0.15) is 43.7 Å². The van der Waals surface area contributed by atoms with Gasteiger partial charge < -0.3 is 24.8 Å². The number of nitrogens with zero attached hydrogens (tertiary/aromatic N) is 3. The van der Waals surface area contributed by atoms with Crippen molar-refractivity contribution < 1.29 is 38.8 Å². The van der Waals surface area contributed by atoms with E-state index in [2.05, 4.69) is 5.32 Å². The third kappa shape index (κ3) is 10.3. The topological polar surface area (TPSA) is 191 Å². The Kier molecular flexibility index (Phi) is 12.0. The molecule has 1 heterocycles. The van der Waals surface area contributed by atoms with Gasteiger partial charge in [-0.15, -0.1) is 0 Å². The lowest BCUT2D eigenvalue weighted by atomic mass is 10.0. The highest BCUT2D eigenvalue weighted by molar-refractivity contribution is 8.14. The van der Waals surface area contributed by atoms with Crippen LogP contribution in [0.3, 0.4) is 0 Å². The first-order valence-corrected chi connectivity index (χ1v) is 14.1. The highest BCUT2D eigenvalue weighted by Gasteiger charge is 2.37. The van der Waals surface area contributed by atoms with Crippen LogP contribution in [-0.4, -0.2) is 67.6 Å². The summed E-state index contributed by atoms with van der Waals surface area (Å²) in [5, 5.41) is 34.4. The average Bonchev–Trinajstić information content (AvgIpc) is 3.36. The summed E-state index contributed by atoms with van der Waals surface area (Å²) in [6, 6.07) is 11.0. The van der Waals surface area contributed by atoms with Crippen LogP contribution in [0.5, 0.6) is 0 Å².